The number of aliphatic hydroxyl groups excluding tert-OH is 1. The summed E-state index contributed by atoms with van der Waals surface area (Å²) in [7, 11) is 0. The van der Waals surface area contributed by atoms with E-state index < -0.39 is 0 Å². The predicted molar refractivity (Wildman–Crippen MR) is 114 cm³/mol. The summed E-state index contributed by atoms with van der Waals surface area (Å²) < 4.78 is 0. The average molecular weight is 393 g/mol. The number of likely N-dealkylation sites (tertiary alicyclic amines) is 1. The van der Waals surface area contributed by atoms with E-state index in [-0.39, 0.29) is 24.6 Å². The first-order valence-electron chi connectivity index (χ1n) is 11.6. The number of aliphatic hydroxyl groups is 1. The number of amides is 1. The lowest BCUT2D eigenvalue weighted by Crippen LogP contribution is -2.43. The van der Waals surface area contributed by atoms with Crippen molar-refractivity contribution in [1.82, 2.24) is 4.90 Å². The molecule has 0 bridgehead atoms. The molecule has 29 heavy (non-hydrogen) atoms. The first kappa shape index (κ1) is 19.0. The molecule has 1 amide bonds. The van der Waals surface area contributed by atoms with Crippen molar-refractivity contribution in [2.45, 2.75) is 69.9 Å². The van der Waals surface area contributed by atoms with Crippen LogP contribution in [-0.4, -0.2) is 35.1 Å². The second-order valence-electron chi connectivity index (χ2n) is 9.47. The van der Waals surface area contributed by atoms with E-state index >= 15 is 0 Å². The smallest absolute Gasteiger partial charge is 0.223 e. The van der Waals surface area contributed by atoms with E-state index in [4.69, 9.17) is 0 Å². The lowest BCUT2D eigenvalue weighted by Gasteiger charge is -2.39. The number of benzene rings is 1. The van der Waals surface area contributed by atoms with E-state index in [1.54, 1.807) is 0 Å². The third-order valence-electron chi connectivity index (χ3n) is 7.38. The molecule has 4 heteroatoms. The van der Waals surface area contributed by atoms with Crippen LogP contribution in [0.4, 0.5) is 5.69 Å². The van der Waals surface area contributed by atoms with Crippen molar-refractivity contribution in [2.24, 2.45) is 17.8 Å². The van der Waals surface area contributed by atoms with Gasteiger partial charge in [0.25, 0.3) is 0 Å². The number of fused-ring (bicyclic) bond motifs is 3. The van der Waals surface area contributed by atoms with Gasteiger partial charge >= 0.3 is 0 Å². The molecule has 0 unspecified atom stereocenters. The van der Waals surface area contributed by atoms with Crippen LogP contribution in [0.3, 0.4) is 0 Å². The Bertz CT molecular complexity index is 829. The highest BCUT2D eigenvalue weighted by atomic mass is 16.3. The molecule has 3 fully saturated rings. The fraction of sp³-hybridized carbons (Fsp3) is 0.640. The van der Waals surface area contributed by atoms with Crippen molar-refractivity contribution < 1.29 is 9.90 Å². The SMILES string of the molecule is O=C(CC1CC1)N1CC[C@@H]2[C@H]1c1cc(C#CC3CCCCC3)ccc1N[C@@H]2CO. The molecule has 2 heterocycles. The Kier molecular flexibility index (Phi) is 5.26. The Hall–Kier alpha value is -1.99. The van der Waals surface area contributed by atoms with Crippen molar-refractivity contribution in [2.75, 3.05) is 18.5 Å². The number of nitrogens with one attached hydrogen (secondary N) is 1. The second-order valence-corrected chi connectivity index (χ2v) is 9.47. The zero-order chi connectivity index (χ0) is 19.8. The van der Waals surface area contributed by atoms with Crippen LogP contribution in [0, 0.1) is 29.6 Å². The molecule has 0 aromatic heterocycles. The van der Waals surface area contributed by atoms with Gasteiger partial charge in [0.1, 0.15) is 0 Å². The Morgan fingerprint density at radius 2 is 1.97 bits per heavy atom. The van der Waals surface area contributed by atoms with Gasteiger partial charge in [-0.2, -0.15) is 0 Å². The van der Waals surface area contributed by atoms with Gasteiger partial charge in [-0.1, -0.05) is 31.1 Å². The molecule has 0 spiro atoms. The van der Waals surface area contributed by atoms with E-state index in [1.165, 1.54) is 50.5 Å². The maximum atomic E-state index is 13.0. The van der Waals surface area contributed by atoms with Crippen molar-refractivity contribution in [3.8, 4) is 11.8 Å². The van der Waals surface area contributed by atoms with Gasteiger partial charge in [0, 0.05) is 36.1 Å². The highest BCUT2D eigenvalue weighted by Gasteiger charge is 2.46. The van der Waals surface area contributed by atoms with Crippen LogP contribution in [0.2, 0.25) is 0 Å². The number of anilines is 1. The minimum atomic E-state index is 0.0189. The molecule has 0 radical (unpaired) electrons. The number of hydrogen-bond donors (Lipinski definition) is 2. The third-order valence-corrected chi connectivity index (χ3v) is 7.38. The molecule has 2 saturated carbocycles. The summed E-state index contributed by atoms with van der Waals surface area (Å²) in [5.41, 5.74) is 3.30. The summed E-state index contributed by atoms with van der Waals surface area (Å²) in [5, 5.41) is 13.5. The van der Waals surface area contributed by atoms with Gasteiger partial charge in [-0.25, -0.2) is 0 Å². The summed E-state index contributed by atoms with van der Waals surface area (Å²) in [6.07, 6.45) is 10.5. The van der Waals surface area contributed by atoms with E-state index in [0.717, 1.165) is 24.2 Å². The summed E-state index contributed by atoms with van der Waals surface area (Å²) in [6, 6.07) is 6.48. The van der Waals surface area contributed by atoms with Crippen LogP contribution >= 0.6 is 0 Å². The number of carbonyl (C=O) groups excluding carboxylic acids is 1. The standard InChI is InChI=1S/C25H32N2O2/c28-16-23-20-12-13-27(24(29)15-19-8-9-19)25(20)21-14-18(10-11-22(21)26-23)7-6-17-4-2-1-3-5-17/h10-11,14,17,19-20,23,25-26,28H,1-5,8-9,12-13,15-16H2/t20-,23+,25-/m0/s1. The molecule has 1 saturated heterocycles. The minimum Gasteiger partial charge on any atom is -0.394 e. The predicted octanol–water partition coefficient (Wildman–Crippen LogP) is 4.09. The van der Waals surface area contributed by atoms with Crippen LogP contribution in [-0.2, 0) is 4.79 Å². The summed E-state index contributed by atoms with van der Waals surface area (Å²) in [5.74, 6) is 8.63. The van der Waals surface area contributed by atoms with Gasteiger partial charge in [0.05, 0.1) is 18.7 Å². The number of hydrogen-bond acceptors (Lipinski definition) is 3. The number of nitrogens with zero attached hydrogens (tertiary/aromatic N) is 1. The molecule has 3 atom stereocenters. The van der Waals surface area contributed by atoms with Gasteiger partial charge in [0.15, 0.2) is 0 Å². The fourth-order valence-corrected chi connectivity index (χ4v) is 5.54. The molecule has 2 aliphatic heterocycles. The number of rotatable bonds is 3. The second kappa shape index (κ2) is 8.03. The van der Waals surface area contributed by atoms with Crippen LogP contribution in [0.15, 0.2) is 18.2 Å². The van der Waals surface area contributed by atoms with Crippen LogP contribution in [0.1, 0.15) is 75.0 Å². The van der Waals surface area contributed by atoms with Crippen molar-refractivity contribution >= 4 is 11.6 Å². The van der Waals surface area contributed by atoms with Gasteiger partial charge in [-0.15, -0.1) is 0 Å². The zero-order valence-corrected chi connectivity index (χ0v) is 17.2. The summed E-state index contributed by atoms with van der Waals surface area (Å²) >= 11 is 0. The van der Waals surface area contributed by atoms with E-state index in [9.17, 15) is 9.90 Å². The fourth-order valence-electron chi connectivity index (χ4n) is 5.54. The maximum absolute atomic E-state index is 13.0. The molecule has 5 rings (SSSR count). The van der Waals surface area contributed by atoms with E-state index in [2.05, 4.69) is 40.3 Å². The average Bonchev–Trinajstić information content (AvgIpc) is 3.45. The molecule has 4 aliphatic rings. The van der Waals surface area contributed by atoms with Gasteiger partial charge < -0.3 is 15.3 Å². The van der Waals surface area contributed by atoms with Crippen LogP contribution in [0.5, 0.6) is 0 Å². The first-order valence-corrected chi connectivity index (χ1v) is 11.6. The Balaban J connectivity index is 1.43. The Morgan fingerprint density at radius 3 is 2.72 bits per heavy atom. The molecule has 154 valence electrons. The molecular weight excluding hydrogens is 360 g/mol. The largest absolute Gasteiger partial charge is 0.394 e. The zero-order valence-electron chi connectivity index (χ0n) is 17.2. The Labute approximate surface area is 174 Å². The minimum absolute atomic E-state index is 0.0189. The van der Waals surface area contributed by atoms with E-state index in [0.29, 0.717) is 24.2 Å². The van der Waals surface area contributed by atoms with Crippen molar-refractivity contribution in [3.63, 3.8) is 0 Å². The Morgan fingerprint density at radius 1 is 1.14 bits per heavy atom. The van der Waals surface area contributed by atoms with Gasteiger partial charge in [-0.05, 0) is 61.8 Å². The molecule has 2 N–H and O–H groups in total. The molecule has 1 aromatic rings. The summed E-state index contributed by atoms with van der Waals surface area (Å²) in [4.78, 5) is 15.1. The number of carbonyl (C=O) groups is 1. The lowest BCUT2D eigenvalue weighted by atomic mass is 9.82. The van der Waals surface area contributed by atoms with Crippen molar-refractivity contribution in [3.05, 3.63) is 29.3 Å². The molecular formula is C25H32N2O2. The molecule has 4 nitrogen and oxygen atoms in total. The maximum Gasteiger partial charge on any atom is 0.223 e. The lowest BCUT2D eigenvalue weighted by molar-refractivity contribution is -0.133. The monoisotopic (exact) mass is 392 g/mol. The third kappa shape index (κ3) is 3.90. The molecule has 1 aromatic carbocycles. The van der Waals surface area contributed by atoms with Crippen molar-refractivity contribution in [1.29, 1.82) is 0 Å². The van der Waals surface area contributed by atoms with Crippen LogP contribution in [0.25, 0.3) is 0 Å². The quantitative estimate of drug-likeness (QED) is 0.762. The van der Waals surface area contributed by atoms with Gasteiger partial charge in [-0.3, -0.25) is 4.79 Å². The van der Waals surface area contributed by atoms with E-state index in [1.807, 2.05) is 0 Å². The normalized spacial score (nSPS) is 28.7. The first-order chi connectivity index (χ1) is 14.2. The molecule has 2 aliphatic carbocycles. The van der Waals surface area contributed by atoms with Crippen LogP contribution < -0.4 is 5.32 Å². The van der Waals surface area contributed by atoms with Gasteiger partial charge in [0.2, 0.25) is 5.91 Å². The summed E-state index contributed by atoms with van der Waals surface area (Å²) in [6.45, 7) is 0.908. The highest BCUT2D eigenvalue weighted by molar-refractivity contribution is 5.78. The highest BCUT2D eigenvalue weighted by Crippen LogP contribution is 2.47. The topological polar surface area (TPSA) is 52.6 Å².